The third-order valence-electron chi connectivity index (χ3n) is 4.96. The second-order valence-electron chi connectivity index (χ2n) is 6.99. The third kappa shape index (κ3) is 5.35. The molecular formula is C20H29N3O4. The summed E-state index contributed by atoms with van der Waals surface area (Å²) in [5.74, 6) is 0.843. The Morgan fingerprint density at radius 2 is 2.00 bits per heavy atom. The quantitative estimate of drug-likeness (QED) is 0.756. The van der Waals surface area contributed by atoms with Crippen molar-refractivity contribution in [3.05, 3.63) is 23.8 Å². The Bertz CT molecular complexity index is 653. The molecule has 0 radical (unpaired) electrons. The van der Waals surface area contributed by atoms with Crippen LogP contribution >= 0.6 is 0 Å². The van der Waals surface area contributed by atoms with E-state index in [4.69, 9.17) is 9.47 Å². The molecule has 2 fully saturated rings. The van der Waals surface area contributed by atoms with Crippen molar-refractivity contribution < 1.29 is 19.1 Å². The molecule has 1 unspecified atom stereocenters. The van der Waals surface area contributed by atoms with Gasteiger partial charge in [-0.3, -0.25) is 9.59 Å². The zero-order valence-corrected chi connectivity index (χ0v) is 16.0. The van der Waals surface area contributed by atoms with E-state index in [2.05, 4.69) is 10.6 Å². The van der Waals surface area contributed by atoms with Crippen LogP contribution in [0.25, 0.3) is 0 Å². The molecule has 148 valence electrons. The Kier molecular flexibility index (Phi) is 6.92. The van der Waals surface area contributed by atoms with Crippen molar-refractivity contribution in [1.82, 2.24) is 15.5 Å². The van der Waals surface area contributed by atoms with E-state index in [1.165, 1.54) is 6.42 Å². The Balaban J connectivity index is 1.62. The van der Waals surface area contributed by atoms with Crippen LogP contribution in [-0.2, 0) is 4.79 Å². The lowest BCUT2D eigenvalue weighted by Crippen LogP contribution is -2.38. The fourth-order valence-corrected chi connectivity index (χ4v) is 3.46. The summed E-state index contributed by atoms with van der Waals surface area (Å²) in [6.45, 7) is 5.63. The minimum Gasteiger partial charge on any atom is -0.490 e. The minimum atomic E-state index is -0.124. The number of carbonyl (C=O) groups excluding carboxylic acids is 2. The van der Waals surface area contributed by atoms with Crippen LogP contribution in [0.2, 0.25) is 0 Å². The molecule has 2 heterocycles. The molecule has 2 aliphatic rings. The molecule has 7 nitrogen and oxygen atoms in total. The molecule has 0 aromatic heterocycles. The summed E-state index contributed by atoms with van der Waals surface area (Å²) in [5.41, 5.74) is 0.528. The van der Waals surface area contributed by atoms with Crippen molar-refractivity contribution >= 4 is 11.8 Å². The van der Waals surface area contributed by atoms with E-state index in [-0.39, 0.29) is 24.5 Å². The predicted octanol–water partition coefficient (Wildman–Crippen LogP) is 1.57. The number of nitrogens with zero attached hydrogens (tertiary/aromatic N) is 1. The average Bonchev–Trinajstić information content (AvgIpc) is 3.20. The first-order chi connectivity index (χ1) is 13.2. The fraction of sp³-hybridized carbons (Fsp3) is 0.600. The van der Waals surface area contributed by atoms with Crippen molar-refractivity contribution in [3.8, 4) is 11.5 Å². The molecule has 3 rings (SSSR count). The predicted molar refractivity (Wildman–Crippen MR) is 102 cm³/mol. The van der Waals surface area contributed by atoms with Crippen molar-refractivity contribution in [3.63, 3.8) is 0 Å². The number of benzene rings is 1. The van der Waals surface area contributed by atoms with Gasteiger partial charge >= 0.3 is 0 Å². The van der Waals surface area contributed by atoms with Crippen LogP contribution < -0.4 is 20.1 Å². The SMILES string of the molecule is CCOc1cc(C(=O)NC2CCNC2)ccc1OCC(=O)N1CCCCC1. The highest BCUT2D eigenvalue weighted by Gasteiger charge is 2.20. The topological polar surface area (TPSA) is 79.9 Å². The first-order valence-corrected chi connectivity index (χ1v) is 9.86. The number of likely N-dealkylation sites (tertiary alicyclic amines) is 1. The Morgan fingerprint density at radius 3 is 2.70 bits per heavy atom. The average molecular weight is 375 g/mol. The number of piperidine rings is 1. The van der Waals surface area contributed by atoms with E-state index >= 15 is 0 Å². The maximum absolute atomic E-state index is 12.4. The van der Waals surface area contributed by atoms with Crippen LogP contribution in [0.3, 0.4) is 0 Å². The maximum Gasteiger partial charge on any atom is 0.260 e. The van der Waals surface area contributed by atoms with Gasteiger partial charge < -0.3 is 25.0 Å². The maximum atomic E-state index is 12.4. The molecule has 2 saturated heterocycles. The molecule has 0 saturated carbocycles. The lowest BCUT2D eigenvalue weighted by Gasteiger charge is -2.26. The molecule has 2 amide bonds. The minimum absolute atomic E-state index is 0.00676. The van der Waals surface area contributed by atoms with Crippen LogP contribution in [0.15, 0.2) is 18.2 Å². The number of amides is 2. The molecule has 1 aromatic rings. The van der Waals surface area contributed by atoms with Crippen LogP contribution in [0.5, 0.6) is 11.5 Å². The van der Waals surface area contributed by atoms with Crippen LogP contribution in [0.1, 0.15) is 43.0 Å². The number of rotatable bonds is 7. The van der Waals surface area contributed by atoms with E-state index in [1.807, 2.05) is 11.8 Å². The van der Waals surface area contributed by atoms with Gasteiger partial charge in [-0.25, -0.2) is 0 Å². The largest absolute Gasteiger partial charge is 0.490 e. The van der Waals surface area contributed by atoms with E-state index in [9.17, 15) is 9.59 Å². The summed E-state index contributed by atoms with van der Waals surface area (Å²) < 4.78 is 11.3. The van der Waals surface area contributed by atoms with Gasteiger partial charge in [0.05, 0.1) is 6.61 Å². The molecule has 0 spiro atoms. The normalized spacial score (nSPS) is 19.6. The zero-order chi connectivity index (χ0) is 19.1. The van der Waals surface area contributed by atoms with Crippen LogP contribution in [-0.4, -0.2) is 62.1 Å². The van der Waals surface area contributed by atoms with Gasteiger partial charge in [0.25, 0.3) is 11.8 Å². The van der Waals surface area contributed by atoms with Gasteiger partial charge in [-0.1, -0.05) is 0 Å². The Labute approximate surface area is 160 Å². The van der Waals surface area contributed by atoms with Gasteiger partial charge in [0, 0.05) is 31.2 Å². The lowest BCUT2D eigenvalue weighted by atomic mass is 10.1. The van der Waals surface area contributed by atoms with E-state index < -0.39 is 0 Å². The van der Waals surface area contributed by atoms with Gasteiger partial charge in [-0.15, -0.1) is 0 Å². The second-order valence-corrected chi connectivity index (χ2v) is 6.99. The molecular weight excluding hydrogens is 346 g/mol. The molecule has 2 aliphatic heterocycles. The molecule has 2 N–H and O–H groups in total. The molecule has 0 bridgehead atoms. The van der Waals surface area contributed by atoms with Crippen molar-refractivity contribution in [2.75, 3.05) is 39.4 Å². The molecule has 0 aliphatic carbocycles. The summed E-state index contributed by atoms with van der Waals surface area (Å²) in [6, 6.07) is 5.25. The summed E-state index contributed by atoms with van der Waals surface area (Å²) in [5, 5.41) is 6.25. The van der Waals surface area contributed by atoms with Gasteiger partial charge in [0.15, 0.2) is 18.1 Å². The van der Waals surface area contributed by atoms with Gasteiger partial charge in [-0.05, 0) is 57.4 Å². The second kappa shape index (κ2) is 9.60. The highest BCUT2D eigenvalue weighted by Crippen LogP contribution is 2.29. The van der Waals surface area contributed by atoms with E-state index in [0.717, 1.165) is 45.4 Å². The van der Waals surface area contributed by atoms with Crippen molar-refractivity contribution in [1.29, 1.82) is 0 Å². The fourth-order valence-electron chi connectivity index (χ4n) is 3.46. The summed E-state index contributed by atoms with van der Waals surface area (Å²) in [4.78, 5) is 26.6. The third-order valence-corrected chi connectivity index (χ3v) is 4.96. The Morgan fingerprint density at radius 1 is 1.19 bits per heavy atom. The van der Waals surface area contributed by atoms with Crippen LogP contribution in [0, 0.1) is 0 Å². The molecule has 1 aromatic carbocycles. The lowest BCUT2D eigenvalue weighted by molar-refractivity contribution is -0.134. The standard InChI is InChI=1S/C20H29N3O4/c1-2-26-18-12-15(20(25)22-16-8-9-21-13-16)6-7-17(18)27-14-19(24)23-10-4-3-5-11-23/h6-7,12,16,21H,2-5,8-11,13-14H2,1H3,(H,22,25). The van der Waals surface area contributed by atoms with E-state index in [0.29, 0.717) is 23.7 Å². The first-order valence-electron chi connectivity index (χ1n) is 9.86. The van der Waals surface area contributed by atoms with Gasteiger partial charge in [0.2, 0.25) is 0 Å². The molecule has 27 heavy (non-hydrogen) atoms. The number of hydrogen-bond donors (Lipinski definition) is 2. The highest BCUT2D eigenvalue weighted by molar-refractivity contribution is 5.95. The highest BCUT2D eigenvalue weighted by atomic mass is 16.5. The monoisotopic (exact) mass is 375 g/mol. The van der Waals surface area contributed by atoms with Gasteiger partial charge in [-0.2, -0.15) is 0 Å². The Hall–Kier alpha value is -2.28. The first kappa shape index (κ1) is 19.5. The number of ether oxygens (including phenoxy) is 2. The summed E-state index contributed by atoms with van der Waals surface area (Å²) >= 11 is 0. The molecule has 7 heteroatoms. The molecule has 1 atom stereocenters. The number of hydrogen-bond acceptors (Lipinski definition) is 5. The summed E-state index contributed by atoms with van der Waals surface area (Å²) in [7, 11) is 0. The zero-order valence-electron chi connectivity index (χ0n) is 16.0. The van der Waals surface area contributed by atoms with Crippen LogP contribution in [0.4, 0.5) is 0 Å². The number of carbonyl (C=O) groups is 2. The van der Waals surface area contributed by atoms with Gasteiger partial charge in [0.1, 0.15) is 0 Å². The summed E-state index contributed by atoms with van der Waals surface area (Å²) in [6.07, 6.45) is 4.22. The smallest absolute Gasteiger partial charge is 0.260 e. The van der Waals surface area contributed by atoms with E-state index in [1.54, 1.807) is 18.2 Å². The number of nitrogens with one attached hydrogen (secondary N) is 2. The van der Waals surface area contributed by atoms with Crippen molar-refractivity contribution in [2.24, 2.45) is 0 Å². The van der Waals surface area contributed by atoms with Crippen molar-refractivity contribution in [2.45, 2.75) is 38.6 Å².